The van der Waals surface area contributed by atoms with Crippen molar-refractivity contribution in [3.8, 4) is 0 Å². The maximum absolute atomic E-state index is 13.3. The van der Waals surface area contributed by atoms with Crippen LogP contribution in [0.5, 0.6) is 0 Å². The van der Waals surface area contributed by atoms with Gasteiger partial charge in [-0.25, -0.2) is 8.78 Å². The highest BCUT2D eigenvalue weighted by atomic mass is 19.2. The Balaban J connectivity index is 1.93. The zero-order chi connectivity index (χ0) is 16.8. The summed E-state index contributed by atoms with van der Waals surface area (Å²) >= 11 is 0. The molecule has 0 aliphatic carbocycles. The Bertz CT molecular complexity index is 578. The van der Waals surface area contributed by atoms with Gasteiger partial charge in [0.1, 0.15) is 0 Å². The van der Waals surface area contributed by atoms with Crippen molar-refractivity contribution in [2.45, 2.75) is 32.6 Å². The van der Waals surface area contributed by atoms with E-state index in [1.54, 1.807) is 4.90 Å². The Morgan fingerprint density at radius 1 is 1.30 bits per heavy atom. The van der Waals surface area contributed by atoms with E-state index in [9.17, 15) is 18.4 Å². The molecule has 0 saturated carbocycles. The highest BCUT2D eigenvalue weighted by Crippen LogP contribution is 2.19. The highest BCUT2D eigenvalue weighted by molar-refractivity contribution is 5.94. The fourth-order valence-electron chi connectivity index (χ4n) is 2.80. The van der Waals surface area contributed by atoms with Gasteiger partial charge in [-0.1, -0.05) is 6.92 Å². The van der Waals surface area contributed by atoms with E-state index in [2.05, 4.69) is 5.32 Å². The lowest BCUT2D eigenvalue weighted by Crippen LogP contribution is -2.43. The molecule has 1 fully saturated rings. The molecular formula is C17H22F2N2O2. The number of benzene rings is 1. The predicted octanol–water partition coefficient (Wildman–Crippen LogP) is 2.73. The zero-order valence-corrected chi connectivity index (χ0v) is 13.3. The number of carbonyl (C=O) groups excluding carboxylic acids is 2. The molecule has 1 atom stereocenters. The molecule has 1 aromatic rings. The first-order chi connectivity index (χ1) is 11.0. The number of piperidine rings is 1. The Kier molecular flexibility index (Phi) is 6.07. The molecule has 1 aromatic carbocycles. The van der Waals surface area contributed by atoms with Crippen LogP contribution in [0.4, 0.5) is 8.78 Å². The van der Waals surface area contributed by atoms with Gasteiger partial charge < -0.3 is 10.2 Å². The van der Waals surface area contributed by atoms with E-state index < -0.39 is 11.6 Å². The lowest BCUT2D eigenvalue weighted by atomic mass is 9.97. The van der Waals surface area contributed by atoms with Crippen LogP contribution in [0.1, 0.15) is 43.0 Å². The van der Waals surface area contributed by atoms with E-state index in [4.69, 9.17) is 0 Å². The maximum atomic E-state index is 13.3. The van der Waals surface area contributed by atoms with Crippen molar-refractivity contribution in [2.75, 3.05) is 19.6 Å². The third-order valence-electron chi connectivity index (χ3n) is 4.04. The van der Waals surface area contributed by atoms with Gasteiger partial charge in [-0.05, 0) is 43.4 Å². The van der Waals surface area contributed by atoms with Crippen molar-refractivity contribution >= 4 is 11.8 Å². The highest BCUT2D eigenvalue weighted by Gasteiger charge is 2.25. The van der Waals surface area contributed by atoms with Crippen LogP contribution in [-0.2, 0) is 4.79 Å². The molecule has 4 nitrogen and oxygen atoms in total. The van der Waals surface area contributed by atoms with Gasteiger partial charge in [0.15, 0.2) is 11.6 Å². The second kappa shape index (κ2) is 8.04. The second-order valence-electron chi connectivity index (χ2n) is 5.94. The van der Waals surface area contributed by atoms with Gasteiger partial charge in [0.25, 0.3) is 5.91 Å². The molecule has 1 heterocycles. The number of halogens is 2. The molecule has 0 radical (unpaired) electrons. The van der Waals surface area contributed by atoms with Crippen LogP contribution in [0, 0.1) is 17.6 Å². The van der Waals surface area contributed by atoms with Gasteiger partial charge in [0, 0.05) is 31.6 Å². The predicted molar refractivity (Wildman–Crippen MR) is 82.9 cm³/mol. The minimum Gasteiger partial charge on any atom is -0.356 e. The molecule has 2 amide bonds. The van der Waals surface area contributed by atoms with Crippen molar-refractivity contribution in [1.29, 1.82) is 0 Å². The first kappa shape index (κ1) is 17.4. The molecule has 0 bridgehead atoms. The summed E-state index contributed by atoms with van der Waals surface area (Å²) in [5.41, 5.74) is 0.152. The van der Waals surface area contributed by atoms with E-state index >= 15 is 0 Å². The summed E-state index contributed by atoms with van der Waals surface area (Å²) in [5.74, 6) is -2.06. The Hall–Kier alpha value is -1.98. The van der Waals surface area contributed by atoms with E-state index in [0.29, 0.717) is 26.1 Å². The number of amides is 2. The van der Waals surface area contributed by atoms with E-state index in [-0.39, 0.29) is 23.3 Å². The van der Waals surface area contributed by atoms with Gasteiger partial charge in [0.05, 0.1) is 0 Å². The second-order valence-corrected chi connectivity index (χ2v) is 5.94. The normalized spacial score (nSPS) is 17.9. The topological polar surface area (TPSA) is 49.4 Å². The molecule has 126 valence electrons. The summed E-state index contributed by atoms with van der Waals surface area (Å²) in [6.07, 6.45) is 3.08. The number of rotatable bonds is 5. The van der Waals surface area contributed by atoms with Crippen LogP contribution in [-0.4, -0.2) is 36.3 Å². The van der Waals surface area contributed by atoms with Gasteiger partial charge in [-0.15, -0.1) is 0 Å². The van der Waals surface area contributed by atoms with E-state index in [1.165, 1.54) is 6.07 Å². The third kappa shape index (κ3) is 4.74. The average molecular weight is 324 g/mol. The SMILES string of the molecule is CCCC(=O)NC[C@@H]1CCCN(C(=O)c2ccc(F)c(F)c2)C1. The number of likely N-dealkylation sites (tertiary alicyclic amines) is 1. The number of hydrogen-bond donors (Lipinski definition) is 1. The standard InChI is InChI=1S/C17H22F2N2O2/c1-2-4-16(22)20-10-12-5-3-8-21(11-12)17(23)13-6-7-14(18)15(19)9-13/h6-7,9,12H,2-5,8,10-11H2,1H3,(H,20,22)/t12-/m0/s1. The fourth-order valence-corrected chi connectivity index (χ4v) is 2.80. The minimum atomic E-state index is -1.02. The van der Waals surface area contributed by atoms with Crippen LogP contribution in [0.3, 0.4) is 0 Å². The summed E-state index contributed by atoms with van der Waals surface area (Å²) in [6.45, 7) is 3.60. The number of nitrogens with zero attached hydrogens (tertiary/aromatic N) is 1. The number of nitrogens with one attached hydrogen (secondary N) is 1. The van der Waals surface area contributed by atoms with Crippen molar-refractivity contribution < 1.29 is 18.4 Å². The molecule has 1 N–H and O–H groups in total. The largest absolute Gasteiger partial charge is 0.356 e. The monoisotopic (exact) mass is 324 g/mol. The molecule has 1 aliphatic heterocycles. The van der Waals surface area contributed by atoms with Crippen LogP contribution in [0.2, 0.25) is 0 Å². The molecule has 0 aromatic heterocycles. The van der Waals surface area contributed by atoms with Gasteiger partial charge >= 0.3 is 0 Å². The summed E-state index contributed by atoms with van der Waals surface area (Å²) in [5, 5.41) is 2.88. The van der Waals surface area contributed by atoms with Crippen molar-refractivity contribution in [1.82, 2.24) is 10.2 Å². The zero-order valence-electron chi connectivity index (χ0n) is 13.3. The Morgan fingerprint density at radius 3 is 2.78 bits per heavy atom. The van der Waals surface area contributed by atoms with Crippen LogP contribution in [0.25, 0.3) is 0 Å². The number of hydrogen-bond acceptors (Lipinski definition) is 2. The van der Waals surface area contributed by atoms with Crippen LogP contribution < -0.4 is 5.32 Å². The lowest BCUT2D eigenvalue weighted by molar-refractivity contribution is -0.121. The van der Waals surface area contributed by atoms with Crippen molar-refractivity contribution in [3.05, 3.63) is 35.4 Å². The van der Waals surface area contributed by atoms with Gasteiger partial charge in [-0.2, -0.15) is 0 Å². The minimum absolute atomic E-state index is 0.0246. The third-order valence-corrected chi connectivity index (χ3v) is 4.04. The van der Waals surface area contributed by atoms with E-state index in [1.807, 2.05) is 6.92 Å². The quantitative estimate of drug-likeness (QED) is 0.905. The summed E-state index contributed by atoms with van der Waals surface area (Å²) in [6, 6.07) is 3.20. The first-order valence-corrected chi connectivity index (χ1v) is 8.02. The van der Waals surface area contributed by atoms with Gasteiger partial charge in [-0.3, -0.25) is 9.59 Å². The molecule has 1 aliphatic rings. The van der Waals surface area contributed by atoms with Gasteiger partial charge in [0.2, 0.25) is 5.91 Å². The molecule has 0 unspecified atom stereocenters. The molecule has 2 rings (SSSR count). The molecular weight excluding hydrogens is 302 g/mol. The molecule has 23 heavy (non-hydrogen) atoms. The first-order valence-electron chi connectivity index (χ1n) is 8.02. The number of carbonyl (C=O) groups is 2. The maximum Gasteiger partial charge on any atom is 0.253 e. The Morgan fingerprint density at radius 2 is 2.09 bits per heavy atom. The Labute approximate surface area is 134 Å². The van der Waals surface area contributed by atoms with Crippen LogP contribution >= 0.6 is 0 Å². The van der Waals surface area contributed by atoms with E-state index in [0.717, 1.165) is 31.4 Å². The van der Waals surface area contributed by atoms with Crippen LogP contribution in [0.15, 0.2) is 18.2 Å². The summed E-state index contributed by atoms with van der Waals surface area (Å²) in [7, 11) is 0. The lowest BCUT2D eigenvalue weighted by Gasteiger charge is -2.33. The van der Waals surface area contributed by atoms with Crippen molar-refractivity contribution in [2.24, 2.45) is 5.92 Å². The smallest absolute Gasteiger partial charge is 0.253 e. The summed E-state index contributed by atoms with van der Waals surface area (Å²) in [4.78, 5) is 25.6. The average Bonchev–Trinajstić information content (AvgIpc) is 2.55. The molecule has 0 spiro atoms. The fraction of sp³-hybridized carbons (Fsp3) is 0.529. The van der Waals surface area contributed by atoms with Crippen molar-refractivity contribution in [3.63, 3.8) is 0 Å². The molecule has 1 saturated heterocycles. The summed E-state index contributed by atoms with van der Waals surface area (Å²) < 4.78 is 26.2. The molecule has 6 heteroatoms.